The van der Waals surface area contributed by atoms with Gasteiger partial charge >= 0.3 is 5.97 Å². The second-order valence-electron chi connectivity index (χ2n) is 9.84. The predicted molar refractivity (Wildman–Crippen MR) is 121 cm³/mol. The van der Waals surface area contributed by atoms with Crippen molar-refractivity contribution in [2.45, 2.75) is 70.3 Å². The van der Waals surface area contributed by atoms with Crippen LogP contribution in [0.5, 0.6) is 5.75 Å². The minimum atomic E-state index is -0.114. The van der Waals surface area contributed by atoms with Crippen LogP contribution in [-0.2, 0) is 23.7 Å². The third-order valence-corrected chi connectivity index (χ3v) is 8.25. The van der Waals surface area contributed by atoms with Crippen molar-refractivity contribution in [3.63, 3.8) is 0 Å². The lowest BCUT2D eigenvalue weighted by Gasteiger charge is -2.52. The topological polar surface area (TPSA) is 63.2 Å². The van der Waals surface area contributed by atoms with Crippen LogP contribution in [0.3, 0.4) is 0 Å². The van der Waals surface area contributed by atoms with Gasteiger partial charge in [-0.15, -0.1) is 0 Å². The summed E-state index contributed by atoms with van der Waals surface area (Å²) in [7, 11) is 3.31. The van der Waals surface area contributed by atoms with E-state index in [0.29, 0.717) is 37.6 Å². The first-order valence-corrected chi connectivity index (χ1v) is 12.0. The van der Waals surface area contributed by atoms with E-state index in [9.17, 15) is 4.79 Å². The van der Waals surface area contributed by atoms with Gasteiger partial charge in [-0.2, -0.15) is 0 Å². The number of benzene rings is 1. The van der Waals surface area contributed by atoms with E-state index in [-0.39, 0.29) is 30.2 Å². The standard InChI is InChI=1S/C26H38O6/c1-5-30-25(27)13-17-12-22-20(19-7-6-18(14-21(17)19)31-15-28-3)10-11-26(2)23(22)8-9-24(26)32-16-29-4/h6-7,14,17,20,22-24H,5,8-13,15-16H2,1-4H3/t17?,20-,22-,23+,24+,26+/m1/s1. The van der Waals surface area contributed by atoms with Gasteiger partial charge < -0.3 is 23.7 Å². The van der Waals surface area contributed by atoms with Crippen LogP contribution in [0, 0.1) is 17.3 Å². The first-order valence-electron chi connectivity index (χ1n) is 12.0. The minimum absolute atomic E-state index is 0.114. The Hall–Kier alpha value is -1.63. The molecule has 3 aliphatic carbocycles. The Morgan fingerprint density at radius 1 is 1.09 bits per heavy atom. The van der Waals surface area contributed by atoms with E-state index < -0.39 is 0 Å². The highest BCUT2D eigenvalue weighted by Crippen LogP contribution is 2.63. The van der Waals surface area contributed by atoms with Crippen LogP contribution < -0.4 is 4.74 Å². The van der Waals surface area contributed by atoms with E-state index in [4.69, 9.17) is 23.7 Å². The van der Waals surface area contributed by atoms with E-state index in [1.807, 2.05) is 6.92 Å². The summed E-state index contributed by atoms with van der Waals surface area (Å²) in [6.45, 7) is 5.28. The minimum Gasteiger partial charge on any atom is -0.468 e. The highest BCUT2D eigenvalue weighted by atomic mass is 16.7. The molecule has 2 saturated carbocycles. The molecule has 3 aliphatic rings. The van der Waals surface area contributed by atoms with Crippen molar-refractivity contribution < 1.29 is 28.5 Å². The van der Waals surface area contributed by atoms with Gasteiger partial charge in [0.15, 0.2) is 6.79 Å². The maximum atomic E-state index is 12.5. The summed E-state index contributed by atoms with van der Waals surface area (Å²) in [5, 5.41) is 0. The lowest BCUT2D eigenvalue weighted by molar-refractivity contribution is -0.144. The van der Waals surface area contributed by atoms with Crippen molar-refractivity contribution in [3.05, 3.63) is 29.3 Å². The monoisotopic (exact) mass is 446 g/mol. The van der Waals surface area contributed by atoms with E-state index in [0.717, 1.165) is 31.4 Å². The fourth-order valence-electron chi connectivity index (χ4n) is 6.91. The van der Waals surface area contributed by atoms with Gasteiger partial charge in [0.25, 0.3) is 0 Å². The molecule has 6 heteroatoms. The zero-order valence-electron chi connectivity index (χ0n) is 19.9. The van der Waals surface area contributed by atoms with E-state index >= 15 is 0 Å². The maximum absolute atomic E-state index is 12.5. The molecule has 178 valence electrons. The van der Waals surface area contributed by atoms with Gasteiger partial charge in [-0.3, -0.25) is 4.79 Å². The van der Waals surface area contributed by atoms with Crippen molar-refractivity contribution in [1.82, 2.24) is 0 Å². The molecule has 2 fully saturated rings. The zero-order valence-corrected chi connectivity index (χ0v) is 19.9. The average molecular weight is 447 g/mol. The van der Waals surface area contributed by atoms with Gasteiger partial charge in [0, 0.05) is 14.2 Å². The molecule has 0 aromatic heterocycles. The van der Waals surface area contributed by atoms with Crippen LogP contribution in [0.2, 0.25) is 0 Å². The summed E-state index contributed by atoms with van der Waals surface area (Å²) in [5.74, 6) is 2.52. The number of esters is 1. The molecule has 0 saturated heterocycles. The Bertz CT molecular complexity index is 795. The molecule has 0 spiro atoms. The number of carbonyl (C=O) groups excluding carboxylic acids is 1. The van der Waals surface area contributed by atoms with Crippen molar-refractivity contribution >= 4 is 5.97 Å². The van der Waals surface area contributed by atoms with Gasteiger partial charge in [-0.05, 0) is 91.4 Å². The molecule has 0 radical (unpaired) electrons. The van der Waals surface area contributed by atoms with Crippen molar-refractivity contribution in [2.24, 2.45) is 17.3 Å². The molecule has 1 aromatic rings. The summed E-state index contributed by atoms with van der Waals surface area (Å²) >= 11 is 0. The average Bonchev–Trinajstić information content (AvgIpc) is 3.12. The Labute approximate surface area is 191 Å². The maximum Gasteiger partial charge on any atom is 0.306 e. The third kappa shape index (κ3) is 4.42. The van der Waals surface area contributed by atoms with E-state index in [1.165, 1.54) is 17.5 Å². The molecule has 0 bridgehead atoms. The second kappa shape index (κ2) is 10.1. The summed E-state index contributed by atoms with van der Waals surface area (Å²) in [5.41, 5.74) is 2.82. The molecular weight excluding hydrogens is 408 g/mol. The molecule has 0 heterocycles. The summed E-state index contributed by atoms with van der Waals surface area (Å²) < 4.78 is 27.5. The Balaban J connectivity index is 1.63. The highest BCUT2D eigenvalue weighted by Gasteiger charge is 2.56. The third-order valence-electron chi connectivity index (χ3n) is 8.25. The molecular formula is C26H38O6. The van der Waals surface area contributed by atoms with Crippen molar-refractivity contribution in [3.8, 4) is 5.75 Å². The normalized spacial score (nSPS) is 33.2. The summed E-state index contributed by atoms with van der Waals surface area (Å²) in [4.78, 5) is 12.5. The molecule has 0 aliphatic heterocycles. The first-order chi connectivity index (χ1) is 15.5. The number of rotatable bonds is 9. The number of methoxy groups -OCH3 is 2. The SMILES string of the molecule is CCOC(=O)CC1C[C@@H]2[C@H](CC[C@]3(C)[C@@H](OCOC)CC[C@@H]23)c2ccc(OCOC)cc21. The van der Waals surface area contributed by atoms with Crippen LogP contribution >= 0.6 is 0 Å². The van der Waals surface area contributed by atoms with Crippen LogP contribution in [0.4, 0.5) is 0 Å². The molecule has 4 rings (SSSR count). The quantitative estimate of drug-likeness (QED) is 0.393. The Kier molecular flexibility index (Phi) is 7.43. The molecule has 1 unspecified atom stereocenters. The highest BCUT2D eigenvalue weighted by molar-refractivity contribution is 5.71. The number of fused-ring (bicyclic) bond motifs is 5. The number of ether oxygens (including phenoxy) is 5. The van der Waals surface area contributed by atoms with Gasteiger partial charge in [-0.1, -0.05) is 13.0 Å². The van der Waals surface area contributed by atoms with Gasteiger partial charge in [0.1, 0.15) is 12.5 Å². The Morgan fingerprint density at radius 3 is 2.66 bits per heavy atom. The molecule has 0 amide bonds. The van der Waals surface area contributed by atoms with Gasteiger partial charge in [-0.25, -0.2) is 0 Å². The molecule has 0 N–H and O–H groups in total. The fraction of sp³-hybridized carbons (Fsp3) is 0.731. The summed E-state index contributed by atoms with van der Waals surface area (Å²) in [6, 6.07) is 6.40. The lowest BCUT2D eigenvalue weighted by atomic mass is 9.53. The number of hydrogen-bond acceptors (Lipinski definition) is 6. The molecule has 6 atom stereocenters. The number of carbonyl (C=O) groups is 1. The number of hydrogen-bond donors (Lipinski definition) is 0. The predicted octanol–water partition coefficient (Wildman–Crippen LogP) is 5.01. The van der Waals surface area contributed by atoms with E-state index in [2.05, 4.69) is 25.1 Å². The van der Waals surface area contributed by atoms with Crippen LogP contribution in [0.15, 0.2) is 18.2 Å². The smallest absolute Gasteiger partial charge is 0.306 e. The largest absolute Gasteiger partial charge is 0.468 e. The van der Waals surface area contributed by atoms with Gasteiger partial charge in [0.05, 0.1) is 19.1 Å². The van der Waals surface area contributed by atoms with Crippen molar-refractivity contribution in [2.75, 3.05) is 34.4 Å². The van der Waals surface area contributed by atoms with Crippen molar-refractivity contribution in [1.29, 1.82) is 0 Å². The lowest BCUT2D eigenvalue weighted by Crippen LogP contribution is -2.45. The second-order valence-corrected chi connectivity index (χ2v) is 9.84. The first kappa shape index (κ1) is 23.5. The fourth-order valence-corrected chi connectivity index (χ4v) is 6.91. The zero-order chi connectivity index (χ0) is 22.7. The Morgan fingerprint density at radius 2 is 1.91 bits per heavy atom. The summed E-state index contributed by atoms with van der Waals surface area (Å²) in [6.07, 6.45) is 6.28. The van der Waals surface area contributed by atoms with Crippen LogP contribution in [0.25, 0.3) is 0 Å². The molecule has 32 heavy (non-hydrogen) atoms. The molecule has 6 nitrogen and oxygen atoms in total. The van der Waals surface area contributed by atoms with Gasteiger partial charge in [0.2, 0.25) is 0 Å². The van der Waals surface area contributed by atoms with E-state index in [1.54, 1.807) is 14.2 Å². The van der Waals surface area contributed by atoms with Crippen LogP contribution in [0.1, 0.15) is 75.3 Å². The molecule has 1 aromatic carbocycles. The van der Waals surface area contributed by atoms with Crippen LogP contribution in [-0.4, -0.2) is 46.5 Å².